The first-order valence-electron chi connectivity index (χ1n) is 7.62. The van der Waals surface area contributed by atoms with Gasteiger partial charge >= 0.3 is 0 Å². The van der Waals surface area contributed by atoms with E-state index in [1.807, 2.05) is 0 Å². The molecule has 3 nitrogen and oxygen atoms in total. The molecule has 104 valence electrons. The lowest BCUT2D eigenvalue weighted by atomic mass is 9.82. The Morgan fingerprint density at radius 2 is 1.89 bits per heavy atom. The van der Waals surface area contributed by atoms with Gasteiger partial charge in [-0.25, -0.2) is 4.98 Å². The van der Waals surface area contributed by atoms with Crippen molar-refractivity contribution in [1.29, 1.82) is 0 Å². The molecule has 0 bridgehead atoms. The standard InChI is InChI=1S/C16H25N3/c1-13-10-15(12-14-4-3-5-14)17-16(11-13)19-8-6-18(2)7-9-19/h10-11,14H,3-9,12H2,1-2H3. The minimum atomic E-state index is 0.898. The van der Waals surface area contributed by atoms with E-state index in [2.05, 4.69) is 35.9 Å². The highest BCUT2D eigenvalue weighted by molar-refractivity contribution is 5.43. The lowest BCUT2D eigenvalue weighted by Gasteiger charge is -2.33. The number of likely N-dealkylation sites (N-methyl/N-ethyl adjacent to an activating group) is 1. The molecule has 2 heterocycles. The second-order valence-electron chi connectivity index (χ2n) is 6.29. The molecule has 1 saturated heterocycles. The van der Waals surface area contributed by atoms with E-state index >= 15 is 0 Å². The molecule has 19 heavy (non-hydrogen) atoms. The van der Waals surface area contributed by atoms with E-state index in [0.717, 1.165) is 32.1 Å². The van der Waals surface area contributed by atoms with Crippen LogP contribution in [0.4, 0.5) is 5.82 Å². The zero-order valence-corrected chi connectivity index (χ0v) is 12.2. The molecule has 1 aliphatic carbocycles. The first-order valence-corrected chi connectivity index (χ1v) is 7.62. The molecule has 0 N–H and O–H groups in total. The SMILES string of the molecule is Cc1cc(CC2CCC2)nc(N2CCN(C)CC2)c1. The molecule has 0 spiro atoms. The summed E-state index contributed by atoms with van der Waals surface area (Å²) in [6, 6.07) is 4.52. The maximum atomic E-state index is 4.91. The minimum Gasteiger partial charge on any atom is -0.354 e. The van der Waals surface area contributed by atoms with E-state index in [-0.39, 0.29) is 0 Å². The van der Waals surface area contributed by atoms with Crippen LogP contribution in [0.5, 0.6) is 0 Å². The number of rotatable bonds is 3. The van der Waals surface area contributed by atoms with Crippen molar-refractivity contribution in [2.75, 3.05) is 38.1 Å². The Balaban J connectivity index is 1.73. The van der Waals surface area contributed by atoms with Gasteiger partial charge in [-0.3, -0.25) is 0 Å². The summed E-state index contributed by atoms with van der Waals surface area (Å²) in [6.45, 7) is 6.71. The Labute approximate surface area is 116 Å². The molecule has 1 aromatic heterocycles. The monoisotopic (exact) mass is 259 g/mol. The average molecular weight is 259 g/mol. The van der Waals surface area contributed by atoms with Crippen LogP contribution in [0.25, 0.3) is 0 Å². The van der Waals surface area contributed by atoms with Gasteiger partial charge in [-0.05, 0) is 44.0 Å². The van der Waals surface area contributed by atoms with Crippen molar-refractivity contribution in [1.82, 2.24) is 9.88 Å². The highest BCUT2D eigenvalue weighted by atomic mass is 15.3. The van der Waals surface area contributed by atoms with Gasteiger partial charge in [0, 0.05) is 31.9 Å². The summed E-state index contributed by atoms with van der Waals surface area (Å²) < 4.78 is 0. The Kier molecular flexibility index (Phi) is 3.74. The highest BCUT2D eigenvalue weighted by Crippen LogP contribution is 2.30. The first-order chi connectivity index (χ1) is 9.20. The zero-order chi connectivity index (χ0) is 13.2. The molecule has 0 aromatic carbocycles. The fourth-order valence-electron chi connectivity index (χ4n) is 3.01. The molecule has 1 aliphatic heterocycles. The number of anilines is 1. The van der Waals surface area contributed by atoms with Crippen LogP contribution < -0.4 is 4.90 Å². The van der Waals surface area contributed by atoms with Crippen LogP contribution in [-0.2, 0) is 6.42 Å². The lowest BCUT2D eigenvalue weighted by molar-refractivity contribution is 0.309. The van der Waals surface area contributed by atoms with Crippen LogP contribution in [0.2, 0.25) is 0 Å². The predicted molar refractivity (Wildman–Crippen MR) is 79.7 cm³/mol. The third kappa shape index (κ3) is 3.08. The molecule has 0 atom stereocenters. The molecule has 3 rings (SSSR count). The van der Waals surface area contributed by atoms with E-state index in [9.17, 15) is 0 Å². The van der Waals surface area contributed by atoms with Crippen molar-refractivity contribution in [2.24, 2.45) is 5.92 Å². The van der Waals surface area contributed by atoms with Crippen molar-refractivity contribution < 1.29 is 0 Å². The third-order valence-corrected chi connectivity index (χ3v) is 4.56. The molecule has 2 aliphatic rings. The quantitative estimate of drug-likeness (QED) is 0.831. The fourth-order valence-corrected chi connectivity index (χ4v) is 3.01. The van der Waals surface area contributed by atoms with Crippen molar-refractivity contribution >= 4 is 5.82 Å². The number of aryl methyl sites for hydroxylation is 1. The van der Waals surface area contributed by atoms with Crippen molar-refractivity contribution in [2.45, 2.75) is 32.6 Å². The Hall–Kier alpha value is -1.09. The second-order valence-corrected chi connectivity index (χ2v) is 6.29. The topological polar surface area (TPSA) is 19.4 Å². The van der Waals surface area contributed by atoms with Gasteiger partial charge in [0.1, 0.15) is 5.82 Å². The van der Waals surface area contributed by atoms with Crippen molar-refractivity contribution in [3.63, 3.8) is 0 Å². The molecule has 1 saturated carbocycles. The van der Waals surface area contributed by atoms with E-state index in [1.165, 1.54) is 42.8 Å². The lowest BCUT2D eigenvalue weighted by Crippen LogP contribution is -2.44. The third-order valence-electron chi connectivity index (χ3n) is 4.56. The van der Waals surface area contributed by atoms with Crippen molar-refractivity contribution in [3.05, 3.63) is 23.4 Å². The van der Waals surface area contributed by atoms with E-state index in [1.54, 1.807) is 0 Å². The van der Waals surface area contributed by atoms with Gasteiger partial charge in [0.25, 0.3) is 0 Å². The number of hydrogen-bond acceptors (Lipinski definition) is 3. The molecule has 3 heteroatoms. The first kappa shape index (κ1) is 12.9. The van der Waals surface area contributed by atoms with Gasteiger partial charge in [0.2, 0.25) is 0 Å². The van der Waals surface area contributed by atoms with Crippen LogP contribution >= 0.6 is 0 Å². The summed E-state index contributed by atoms with van der Waals surface area (Å²) in [6.07, 6.45) is 5.41. The summed E-state index contributed by atoms with van der Waals surface area (Å²) in [4.78, 5) is 9.74. The average Bonchev–Trinajstić information content (AvgIpc) is 2.34. The van der Waals surface area contributed by atoms with Gasteiger partial charge in [-0.15, -0.1) is 0 Å². The Bertz CT molecular complexity index is 432. The van der Waals surface area contributed by atoms with Gasteiger partial charge in [0.15, 0.2) is 0 Å². The van der Waals surface area contributed by atoms with Crippen LogP contribution in [0, 0.1) is 12.8 Å². The molecule has 0 unspecified atom stereocenters. The van der Waals surface area contributed by atoms with E-state index < -0.39 is 0 Å². The molecular weight excluding hydrogens is 234 g/mol. The number of hydrogen-bond donors (Lipinski definition) is 0. The summed E-state index contributed by atoms with van der Waals surface area (Å²) in [5, 5.41) is 0. The predicted octanol–water partition coefficient (Wildman–Crippen LogP) is 2.48. The van der Waals surface area contributed by atoms with Gasteiger partial charge in [-0.2, -0.15) is 0 Å². The summed E-state index contributed by atoms with van der Waals surface area (Å²) in [5.74, 6) is 2.09. The molecule has 0 radical (unpaired) electrons. The molecule has 0 amide bonds. The summed E-state index contributed by atoms with van der Waals surface area (Å²) in [7, 11) is 2.20. The second kappa shape index (κ2) is 5.49. The van der Waals surface area contributed by atoms with Gasteiger partial charge < -0.3 is 9.80 Å². The summed E-state index contributed by atoms with van der Waals surface area (Å²) in [5.41, 5.74) is 2.66. The molecule has 1 aromatic rings. The van der Waals surface area contributed by atoms with E-state index in [4.69, 9.17) is 4.98 Å². The normalized spacial score (nSPS) is 21.5. The Morgan fingerprint density at radius 3 is 2.53 bits per heavy atom. The molecular formula is C16H25N3. The van der Waals surface area contributed by atoms with Crippen LogP contribution in [0.3, 0.4) is 0 Å². The highest BCUT2D eigenvalue weighted by Gasteiger charge is 2.20. The fraction of sp³-hybridized carbons (Fsp3) is 0.688. The Morgan fingerprint density at radius 1 is 1.16 bits per heavy atom. The summed E-state index contributed by atoms with van der Waals surface area (Å²) >= 11 is 0. The molecule has 2 fully saturated rings. The maximum Gasteiger partial charge on any atom is 0.129 e. The van der Waals surface area contributed by atoms with Crippen LogP contribution in [-0.4, -0.2) is 43.1 Å². The van der Waals surface area contributed by atoms with Gasteiger partial charge in [0.05, 0.1) is 0 Å². The van der Waals surface area contributed by atoms with Crippen molar-refractivity contribution in [3.8, 4) is 0 Å². The number of nitrogens with zero attached hydrogens (tertiary/aromatic N) is 3. The number of piperazine rings is 1. The van der Waals surface area contributed by atoms with Crippen LogP contribution in [0.15, 0.2) is 12.1 Å². The maximum absolute atomic E-state index is 4.91. The van der Waals surface area contributed by atoms with Crippen LogP contribution in [0.1, 0.15) is 30.5 Å². The number of aromatic nitrogens is 1. The largest absolute Gasteiger partial charge is 0.354 e. The zero-order valence-electron chi connectivity index (χ0n) is 12.2. The van der Waals surface area contributed by atoms with Gasteiger partial charge in [-0.1, -0.05) is 19.3 Å². The van der Waals surface area contributed by atoms with E-state index in [0.29, 0.717) is 0 Å². The smallest absolute Gasteiger partial charge is 0.129 e. The minimum absolute atomic E-state index is 0.898. The number of pyridine rings is 1.